The third-order valence-corrected chi connectivity index (χ3v) is 5.10. The van der Waals surface area contributed by atoms with E-state index in [-0.39, 0.29) is 23.4 Å². The number of aromatic amines is 1. The number of hydrogen-bond donors (Lipinski definition) is 3. The monoisotopic (exact) mass is 416 g/mol. The van der Waals surface area contributed by atoms with Gasteiger partial charge in [-0.3, -0.25) is 9.59 Å². The second-order valence-corrected chi connectivity index (χ2v) is 7.39. The van der Waals surface area contributed by atoms with Crippen molar-refractivity contribution in [1.29, 1.82) is 0 Å². The van der Waals surface area contributed by atoms with Crippen LogP contribution in [0.5, 0.6) is 0 Å². The number of rotatable bonds is 5. The number of imidazole rings is 1. The molecular formula is C21H19F3N4O2. The summed E-state index contributed by atoms with van der Waals surface area (Å²) < 4.78 is 38.4. The molecule has 30 heavy (non-hydrogen) atoms. The average molecular weight is 416 g/mol. The Labute approximate surface area is 169 Å². The first-order valence-corrected chi connectivity index (χ1v) is 9.45. The third kappa shape index (κ3) is 4.14. The largest absolute Gasteiger partial charge is 0.416 e. The molecule has 1 saturated carbocycles. The summed E-state index contributed by atoms with van der Waals surface area (Å²) in [5, 5.41) is 5.03. The number of anilines is 1. The second-order valence-electron chi connectivity index (χ2n) is 7.39. The number of carbonyl (C=O) groups is 2. The number of benzene rings is 2. The molecule has 1 aliphatic rings. The summed E-state index contributed by atoms with van der Waals surface area (Å²) in [6.45, 7) is 1.49. The minimum atomic E-state index is -4.50. The lowest BCUT2D eigenvalue weighted by atomic mass is 10.2. The molecule has 0 unspecified atom stereocenters. The fourth-order valence-corrected chi connectivity index (χ4v) is 3.34. The average Bonchev–Trinajstić information content (AvgIpc) is 3.39. The fraction of sp³-hybridized carbons (Fsp3) is 0.286. The van der Waals surface area contributed by atoms with Crippen LogP contribution in [-0.4, -0.2) is 27.8 Å². The first kappa shape index (κ1) is 19.9. The molecular weight excluding hydrogens is 397 g/mol. The van der Waals surface area contributed by atoms with Crippen LogP contribution in [-0.2, 0) is 15.8 Å². The number of nitrogens with one attached hydrogen (secondary N) is 3. The van der Waals surface area contributed by atoms with E-state index in [0.717, 1.165) is 29.0 Å². The molecule has 2 aromatic carbocycles. The highest BCUT2D eigenvalue weighted by Crippen LogP contribution is 2.46. The van der Waals surface area contributed by atoms with Gasteiger partial charge in [0.25, 0.3) is 0 Å². The predicted molar refractivity (Wildman–Crippen MR) is 105 cm³/mol. The van der Waals surface area contributed by atoms with Crippen molar-refractivity contribution in [2.45, 2.75) is 31.5 Å². The van der Waals surface area contributed by atoms with E-state index in [2.05, 4.69) is 20.6 Å². The Kier molecular flexibility index (Phi) is 4.97. The summed E-state index contributed by atoms with van der Waals surface area (Å²) in [4.78, 5) is 32.5. The molecule has 0 aliphatic heterocycles. The van der Waals surface area contributed by atoms with Crippen molar-refractivity contribution in [2.24, 2.45) is 5.92 Å². The molecule has 3 atom stereocenters. The fourth-order valence-electron chi connectivity index (χ4n) is 3.34. The van der Waals surface area contributed by atoms with Crippen molar-refractivity contribution >= 4 is 28.5 Å². The van der Waals surface area contributed by atoms with E-state index >= 15 is 0 Å². The van der Waals surface area contributed by atoms with E-state index in [4.69, 9.17) is 0 Å². The summed E-state index contributed by atoms with van der Waals surface area (Å²) >= 11 is 0. The number of fused-ring (bicyclic) bond motifs is 1. The van der Waals surface area contributed by atoms with E-state index in [1.54, 1.807) is 0 Å². The van der Waals surface area contributed by atoms with Gasteiger partial charge < -0.3 is 15.6 Å². The first-order valence-electron chi connectivity index (χ1n) is 9.45. The maximum absolute atomic E-state index is 12.8. The number of alkyl halides is 3. The van der Waals surface area contributed by atoms with Gasteiger partial charge >= 0.3 is 6.18 Å². The van der Waals surface area contributed by atoms with Gasteiger partial charge in [0.1, 0.15) is 11.9 Å². The Morgan fingerprint density at radius 3 is 2.67 bits per heavy atom. The lowest BCUT2D eigenvalue weighted by Gasteiger charge is -2.15. The summed E-state index contributed by atoms with van der Waals surface area (Å²) in [5.74, 6) is -0.487. The van der Waals surface area contributed by atoms with E-state index in [1.807, 2.05) is 24.3 Å². The highest BCUT2D eigenvalue weighted by molar-refractivity contribution is 5.97. The molecule has 3 N–H and O–H groups in total. The quantitative estimate of drug-likeness (QED) is 0.591. The van der Waals surface area contributed by atoms with E-state index in [1.165, 1.54) is 19.1 Å². The molecule has 0 bridgehead atoms. The Balaban J connectivity index is 1.34. The third-order valence-electron chi connectivity index (χ3n) is 5.10. The zero-order valence-electron chi connectivity index (χ0n) is 16.0. The minimum Gasteiger partial charge on any atom is -0.344 e. The van der Waals surface area contributed by atoms with Crippen molar-refractivity contribution in [3.63, 3.8) is 0 Å². The SMILES string of the molecule is C[C@H](NC(=O)[C@H]1C[C@@H]1c1nc2ccccc2[nH]1)C(=O)Nc1cccc(C(F)(F)F)c1. The van der Waals surface area contributed by atoms with Crippen LogP contribution in [0.15, 0.2) is 48.5 Å². The number of hydrogen-bond acceptors (Lipinski definition) is 3. The van der Waals surface area contributed by atoms with Gasteiger partial charge in [0.2, 0.25) is 11.8 Å². The molecule has 1 fully saturated rings. The zero-order valence-corrected chi connectivity index (χ0v) is 16.0. The Morgan fingerprint density at radius 2 is 1.93 bits per heavy atom. The zero-order chi connectivity index (χ0) is 21.5. The minimum absolute atomic E-state index is 0.0162. The van der Waals surface area contributed by atoms with Gasteiger partial charge in [0.05, 0.1) is 16.6 Å². The van der Waals surface area contributed by atoms with Gasteiger partial charge in [-0.25, -0.2) is 4.98 Å². The number of aromatic nitrogens is 2. The molecule has 1 aromatic heterocycles. The van der Waals surface area contributed by atoms with Gasteiger partial charge in [-0.2, -0.15) is 13.2 Å². The Bertz CT molecular complexity index is 1080. The molecule has 1 heterocycles. The van der Waals surface area contributed by atoms with Crippen LogP contribution >= 0.6 is 0 Å². The number of H-pyrrole nitrogens is 1. The standard InChI is InChI=1S/C21H19F3N4O2/c1-11(19(29)26-13-6-4-5-12(9-13)21(22,23)24)25-20(30)15-10-14(15)18-27-16-7-2-3-8-17(16)28-18/h2-9,11,14-15H,10H2,1H3,(H,25,30)(H,26,29)(H,27,28)/t11-,14-,15-/m0/s1. The molecule has 9 heteroatoms. The van der Waals surface area contributed by atoms with Crippen molar-refractivity contribution in [3.05, 3.63) is 59.9 Å². The smallest absolute Gasteiger partial charge is 0.344 e. The van der Waals surface area contributed by atoms with Crippen molar-refractivity contribution in [3.8, 4) is 0 Å². The van der Waals surface area contributed by atoms with Crippen LogP contribution in [0.25, 0.3) is 11.0 Å². The lowest BCUT2D eigenvalue weighted by molar-refractivity contribution is -0.137. The molecule has 0 radical (unpaired) electrons. The van der Waals surface area contributed by atoms with E-state index < -0.39 is 23.7 Å². The van der Waals surface area contributed by atoms with Crippen LogP contribution in [0.2, 0.25) is 0 Å². The van der Waals surface area contributed by atoms with Gasteiger partial charge in [-0.15, -0.1) is 0 Å². The summed E-state index contributed by atoms with van der Waals surface area (Å²) in [6.07, 6.45) is -3.88. The summed E-state index contributed by atoms with van der Waals surface area (Å²) in [6, 6.07) is 11.0. The van der Waals surface area contributed by atoms with E-state index in [9.17, 15) is 22.8 Å². The summed E-state index contributed by atoms with van der Waals surface area (Å²) in [7, 11) is 0. The molecule has 1 aliphatic carbocycles. The molecule has 0 spiro atoms. The number of carbonyl (C=O) groups excluding carboxylic acids is 2. The van der Waals surface area contributed by atoms with Crippen LogP contribution in [0.3, 0.4) is 0 Å². The first-order chi connectivity index (χ1) is 14.2. The van der Waals surface area contributed by atoms with Crippen LogP contribution < -0.4 is 10.6 Å². The normalized spacial score (nSPS) is 19.3. The lowest BCUT2D eigenvalue weighted by Crippen LogP contribution is -2.42. The molecule has 156 valence electrons. The van der Waals surface area contributed by atoms with Crippen molar-refractivity contribution in [1.82, 2.24) is 15.3 Å². The van der Waals surface area contributed by atoms with E-state index in [0.29, 0.717) is 6.42 Å². The van der Waals surface area contributed by atoms with Crippen LogP contribution in [0.1, 0.15) is 30.7 Å². The molecule has 2 amide bonds. The highest BCUT2D eigenvalue weighted by Gasteiger charge is 2.46. The van der Waals surface area contributed by atoms with Gasteiger partial charge in [-0.05, 0) is 43.7 Å². The van der Waals surface area contributed by atoms with Gasteiger partial charge in [0.15, 0.2) is 0 Å². The van der Waals surface area contributed by atoms with Crippen molar-refractivity contribution in [2.75, 3.05) is 5.32 Å². The Morgan fingerprint density at radius 1 is 1.17 bits per heavy atom. The molecule has 3 aromatic rings. The molecule has 0 saturated heterocycles. The maximum Gasteiger partial charge on any atom is 0.416 e. The van der Waals surface area contributed by atoms with Crippen LogP contribution in [0, 0.1) is 5.92 Å². The second kappa shape index (κ2) is 7.47. The van der Waals surface area contributed by atoms with Gasteiger partial charge in [0, 0.05) is 17.5 Å². The number of amides is 2. The van der Waals surface area contributed by atoms with Gasteiger partial charge in [-0.1, -0.05) is 18.2 Å². The predicted octanol–water partition coefficient (Wildman–Crippen LogP) is 3.83. The number of nitrogens with zero attached hydrogens (tertiary/aromatic N) is 1. The molecule has 4 rings (SSSR count). The topological polar surface area (TPSA) is 86.9 Å². The van der Waals surface area contributed by atoms with Crippen LogP contribution in [0.4, 0.5) is 18.9 Å². The highest BCUT2D eigenvalue weighted by atomic mass is 19.4. The molecule has 6 nitrogen and oxygen atoms in total. The van der Waals surface area contributed by atoms with Crippen molar-refractivity contribution < 1.29 is 22.8 Å². The maximum atomic E-state index is 12.8. The summed E-state index contributed by atoms with van der Waals surface area (Å²) in [5.41, 5.74) is 0.880. The Hall–Kier alpha value is -3.36. The number of para-hydroxylation sites is 2. The number of halogens is 3.